The maximum atomic E-state index is 6.04. The minimum atomic E-state index is 0. The standard InChI is InChI=1S/C22H29N3O2.HI/c1-2-17-5-4-8-20(14-17)25-22(23)24-15-18-6-3-7-19(13-18)16-27-21-9-11-26-12-10-21;/h3-8,13-14,21H,2,9-12,15-16H2,1H3,(H3,23,24,25);1H. The SMILES string of the molecule is CCc1cccc(NC(N)=NCc2cccc(COC3CCOCC3)c2)c1.I. The number of anilines is 1. The largest absolute Gasteiger partial charge is 0.381 e. The highest BCUT2D eigenvalue weighted by Crippen LogP contribution is 2.15. The summed E-state index contributed by atoms with van der Waals surface area (Å²) in [5.41, 5.74) is 10.6. The molecule has 0 bridgehead atoms. The summed E-state index contributed by atoms with van der Waals surface area (Å²) in [6.45, 7) is 4.90. The molecule has 0 saturated carbocycles. The third-order valence-electron chi connectivity index (χ3n) is 4.69. The lowest BCUT2D eigenvalue weighted by atomic mass is 10.1. The highest BCUT2D eigenvalue weighted by molar-refractivity contribution is 14.0. The van der Waals surface area contributed by atoms with Crippen LogP contribution in [0.5, 0.6) is 0 Å². The molecular weight excluding hydrogens is 465 g/mol. The van der Waals surface area contributed by atoms with Crippen LogP contribution in [0.1, 0.15) is 36.5 Å². The topological polar surface area (TPSA) is 68.9 Å². The number of nitrogens with two attached hydrogens (primary N) is 1. The first-order valence-electron chi connectivity index (χ1n) is 9.66. The number of rotatable bonds is 7. The predicted octanol–water partition coefficient (Wildman–Crippen LogP) is 4.49. The van der Waals surface area contributed by atoms with Crippen LogP contribution in [0, 0.1) is 0 Å². The Balaban J connectivity index is 0.00000280. The molecule has 2 aromatic carbocycles. The van der Waals surface area contributed by atoms with Crippen LogP contribution in [0.2, 0.25) is 0 Å². The Labute approximate surface area is 184 Å². The van der Waals surface area contributed by atoms with E-state index >= 15 is 0 Å². The van der Waals surface area contributed by atoms with Gasteiger partial charge in [-0.2, -0.15) is 0 Å². The van der Waals surface area contributed by atoms with E-state index in [-0.39, 0.29) is 24.0 Å². The number of aryl methyl sites for hydroxylation is 1. The molecule has 28 heavy (non-hydrogen) atoms. The second-order valence-corrected chi connectivity index (χ2v) is 6.82. The fourth-order valence-electron chi connectivity index (χ4n) is 3.11. The molecule has 5 nitrogen and oxygen atoms in total. The van der Waals surface area contributed by atoms with Gasteiger partial charge in [-0.25, -0.2) is 4.99 Å². The number of ether oxygens (including phenoxy) is 2. The van der Waals surface area contributed by atoms with Gasteiger partial charge in [0.15, 0.2) is 5.96 Å². The first kappa shape index (κ1) is 22.6. The van der Waals surface area contributed by atoms with Crippen LogP contribution in [-0.4, -0.2) is 25.3 Å². The zero-order valence-electron chi connectivity index (χ0n) is 16.4. The summed E-state index contributed by atoms with van der Waals surface area (Å²) in [4.78, 5) is 4.46. The van der Waals surface area contributed by atoms with Gasteiger partial charge < -0.3 is 20.5 Å². The lowest BCUT2D eigenvalue weighted by Gasteiger charge is -2.22. The monoisotopic (exact) mass is 495 g/mol. The van der Waals surface area contributed by atoms with Crippen molar-refractivity contribution in [2.24, 2.45) is 10.7 Å². The maximum Gasteiger partial charge on any atom is 0.193 e. The second-order valence-electron chi connectivity index (χ2n) is 6.82. The molecule has 3 N–H and O–H groups in total. The normalized spacial score (nSPS) is 15.1. The Morgan fingerprint density at radius 2 is 1.82 bits per heavy atom. The molecule has 1 fully saturated rings. The Hall–Kier alpha value is -1.64. The van der Waals surface area contributed by atoms with E-state index in [1.165, 1.54) is 5.56 Å². The number of nitrogens with one attached hydrogen (secondary N) is 1. The zero-order chi connectivity index (χ0) is 18.9. The van der Waals surface area contributed by atoms with Crippen LogP contribution in [0.15, 0.2) is 53.5 Å². The highest BCUT2D eigenvalue weighted by Gasteiger charge is 2.13. The van der Waals surface area contributed by atoms with Crippen LogP contribution in [0.3, 0.4) is 0 Å². The smallest absolute Gasteiger partial charge is 0.193 e. The van der Waals surface area contributed by atoms with Crippen molar-refractivity contribution in [2.45, 2.75) is 45.4 Å². The van der Waals surface area contributed by atoms with Gasteiger partial charge in [-0.05, 0) is 48.1 Å². The van der Waals surface area contributed by atoms with Crippen LogP contribution in [0.25, 0.3) is 0 Å². The first-order valence-corrected chi connectivity index (χ1v) is 9.66. The fourth-order valence-corrected chi connectivity index (χ4v) is 3.11. The quantitative estimate of drug-likeness (QED) is 0.338. The fraction of sp³-hybridized carbons (Fsp3) is 0.409. The van der Waals surface area contributed by atoms with E-state index in [9.17, 15) is 0 Å². The third-order valence-corrected chi connectivity index (χ3v) is 4.69. The first-order chi connectivity index (χ1) is 13.2. The van der Waals surface area contributed by atoms with E-state index in [4.69, 9.17) is 15.2 Å². The molecule has 0 aromatic heterocycles. The molecule has 0 radical (unpaired) electrons. The Kier molecular flexibility index (Phi) is 9.73. The Morgan fingerprint density at radius 3 is 2.61 bits per heavy atom. The lowest BCUT2D eigenvalue weighted by Crippen LogP contribution is -2.23. The van der Waals surface area contributed by atoms with Gasteiger partial charge in [0.1, 0.15) is 0 Å². The molecule has 0 unspecified atom stereocenters. The summed E-state index contributed by atoms with van der Waals surface area (Å²) >= 11 is 0. The molecule has 2 aromatic rings. The summed E-state index contributed by atoms with van der Waals surface area (Å²) < 4.78 is 11.4. The minimum absolute atomic E-state index is 0. The number of aliphatic imine (C=N–C) groups is 1. The summed E-state index contributed by atoms with van der Waals surface area (Å²) in [5.74, 6) is 0.423. The summed E-state index contributed by atoms with van der Waals surface area (Å²) in [6.07, 6.45) is 3.26. The van der Waals surface area contributed by atoms with Crippen molar-refractivity contribution in [1.29, 1.82) is 0 Å². The molecule has 0 amide bonds. The Bertz CT molecular complexity index is 761. The van der Waals surface area contributed by atoms with Crippen molar-refractivity contribution in [1.82, 2.24) is 0 Å². The zero-order valence-corrected chi connectivity index (χ0v) is 18.7. The molecule has 1 heterocycles. The lowest BCUT2D eigenvalue weighted by molar-refractivity contribution is -0.0390. The molecule has 1 aliphatic rings. The van der Waals surface area contributed by atoms with Crippen LogP contribution in [-0.2, 0) is 29.0 Å². The molecule has 6 heteroatoms. The van der Waals surface area contributed by atoms with E-state index in [2.05, 4.69) is 47.6 Å². The average molecular weight is 495 g/mol. The minimum Gasteiger partial charge on any atom is -0.381 e. The molecule has 0 spiro atoms. The van der Waals surface area contributed by atoms with Crippen molar-refractivity contribution in [2.75, 3.05) is 18.5 Å². The number of halogens is 1. The summed E-state index contributed by atoms with van der Waals surface area (Å²) in [7, 11) is 0. The Morgan fingerprint density at radius 1 is 1.11 bits per heavy atom. The number of guanidine groups is 1. The van der Waals surface area contributed by atoms with Crippen molar-refractivity contribution in [3.05, 3.63) is 65.2 Å². The molecule has 0 atom stereocenters. The van der Waals surface area contributed by atoms with Gasteiger partial charge in [0.2, 0.25) is 0 Å². The van der Waals surface area contributed by atoms with Crippen molar-refractivity contribution >= 4 is 35.6 Å². The van der Waals surface area contributed by atoms with Crippen LogP contribution in [0.4, 0.5) is 5.69 Å². The van der Waals surface area contributed by atoms with Gasteiger partial charge in [-0.1, -0.05) is 43.3 Å². The van der Waals surface area contributed by atoms with E-state index in [1.54, 1.807) is 0 Å². The third kappa shape index (κ3) is 7.41. The summed E-state index contributed by atoms with van der Waals surface area (Å²) in [5, 5.41) is 3.16. The van der Waals surface area contributed by atoms with Gasteiger partial charge >= 0.3 is 0 Å². The van der Waals surface area contributed by atoms with Crippen molar-refractivity contribution < 1.29 is 9.47 Å². The van der Waals surface area contributed by atoms with E-state index < -0.39 is 0 Å². The van der Waals surface area contributed by atoms with Gasteiger partial charge in [0.25, 0.3) is 0 Å². The van der Waals surface area contributed by atoms with E-state index in [0.29, 0.717) is 25.2 Å². The van der Waals surface area contributed by atoms with Crippen molar-refractivity contribution in [3.63, 3.8) is 0 Å². The molecular formula is C22H30IN3O2. The molecule has 0 aliphatic carbocycles. The second kappa shape index (κ2) is 12.0. The molecule has 3 rings (SSSR count). The maximum absolute atomic E-state index is 6.04. The van der Waals surface area contributed by atoms with Gasteiger partial charge in [-0.3, -0.25) is 0 Å². The van der Waals surface area contributed by atoms with Gasteiger partial charge in [-0.15, -0.1) is 24.0 Å². The number of nitrogens with zero attached hydrogens (tertiary/aromatic N) is 1. The van der Waals surface area contributed by atoms with Gasteiger partial charge in [0.05, 0.1) is 19.3 Å². The molecule has 1 aliphatic heterocycles. The summed E-state index contributed by atoms with van der Waals surface area (Å²) in [6, 6.07) is 16.5. The van der Waals surface area contributed by atoms with E-state index in [1.807, 2.05) is 18.2 Å². The number of hydrogen-bond donors (Lipinski definition) is 2. The average Bonchev–Trinajstić information content (AvgIpc) is 2.72. The highest BCUT2D eigenvalue weighted by atomic mass is 127. The van der Waals surface area contributed by atoms with Crippen LogP contribution >= 0.6 is 24.0 Å². The van der Waals surface area contributed by atoms with Gasteiger partial charge in [0, 0.05) is 18.9 Å². The van der Waals surface area contributed by atoms with Crippen LogP contribution < -0.4 is 11.1 Å². The number of hydrogen-bond acceptors (Lipinski definition) is 3. The number of benzene rings is 2. The van der Waals surface area contributed by atoms with Crippen molar-refractivity contribution in [3.8, 4) is 0 Å². The van der Waals surface area contributed by atoms with E-state index in [0.717, 1.165) is 49.3 Å². The molecule has 152 valence electrons. The molecule has 1 saturated heterocycles. The predicted molar refractivity (Wildman–Crippen MR) is 125 cm³/mol.